The van der Waals surface area contributed by atoms with Gasteiger partial charge >= 0.3 is 0 Å². The van der Waals surface area contributed by atoms with Crippen molar-refractivity contribution in [1.29, 1.82) is 0 Å². The van der Waals surface area contributed by atoms with E-state index in [0.717, 1.165) is 42.8 Å². The average molecular weight is 403 g/mol. The number of carbonyl (C=O) groups is 1. The zero-order valence-electron chi connectivity index (χ0n) is 17.3. The standard InChI is InChI=1S/C24H25N3O3/c1-16-22(17(2)27(26-16)19-9-5-3-6-10-19)23(28)25-18-11-12-20-21(15-18)30-24(29-20)13-7-4-8-14-24/h3,5-6,9-12,15H,4,7-8,13-14H2,1-2H3,(H,25,28). The Morgan fingerprint density at radius 3 is 2.50 bits per heavy atom. The highest BCUT2D eigenvalue weighted by atomic mass is 16.7. The van der Waals surface area contributed by atoms with Gasteiger partial charge in [0.25, 0.3) is 11.7 Å². The van der Waals surface area contributed by atoms with Gasteiger partial charge in [0.2, 0.25) is 0 Å². The zero-order valence-corrected chi connectivity index (χ0v) is 17.3. The molecular formula is C24H25N3O3. The van der Waals surface area contributed by atoms with Gasteiger partial charge in [0.05, 0.1) is 22.6 Å². The van der Waals surface area contributed by atoms with E-state index in [-0.39, 0.29) is 5.91 Å². The molecule has 6 nitrogen and oxygen atoms in total. The summed E-state index contributed by atoms with van der Waals surface area (Å²) in [7, 11) is 0. The molecule has 0 atom stereocenters. The molecule has 154 valence electrons. The molecule has 1 amide bonds. The van der Waals surface area contributed by atoms with Gasteiger partial charge in [0.1, 0.15) is 0 Å². The van der Waals surface area contributed by atoms with Gasteiger partial charge in [-0.2, -0.15) is 5.10 Å². The van der Waals surface area contributed by atoms with Gasteiger partial charge in [0.15, 0.2) is 11.5 Å². The van der Waals surface area contributed by atoms with Crippen LogP contribution in [0.1, 0.15) is 53.8 Å². The molecule has 1 aromatic heterocycles. The highest BCUT2D eigenvalue weighted by Crippen LogP contribution is 2.46. The third kappa shape index (κ3) is 3.22. The van der Waals surface area contributed by atoms with E-state index in [0.29, 0.717) is 22.7 Å². The van der Waals surface area contributed by atoms with Crippen LogP contribution in [0.25, 0.3) is 5.69 Å². The normalized spacial score (nSPS) is 16.6. The van der Waals surface area contributed by atoms with Gasteiger partial charge in [-0.25, -0.2) is 4.68 Å². The van der Waals surface area contributed by atoms with Gasteiger partial charge in [-0.3, -0.25) is 4.79 Å². The molecule has 0 bridgehead atoms. The van der Waals surface area contributed by atoms with Crippen molar-refractivity contribution in [1.82, 2.24) is 9.78 Å². The summed E-state index contributed by atoms with van der Waals surface area (Å²) in [4.78, 5) is 13.1. The molecule has 0 saturated heterocycles. The predicted molar refractivity (Wildman–Crippen MR) is 115 cm³/mol. The Hall–Kier alpha value is -3.28. The van der Waals surface area contributed by atoms with Crippen molar-refractivity contribution in [3.8, 4) is 17.2 Å². The smallest absolute Gasteiger partial charge is 0.259 e. The summed E-state index contributed by atoms with van der Waals surface area (Å²) in [6, 6.07) is 15.4. The van der Waals surface area contributed by atoms with Crippen LogP contribution in [-0.4, -0.2) is 21.5 Å². The summed E-state index contributed by atoms with van der Waals surface area (Å²) >= 11 is 0. The summed E-state index contributed by atoms with van der Waals surface area (Å²) in [6.45, 7) is 3.77. The lowest BCUT2D eigenvalue weighted by molar-refractivity contribution is -0.105. The lowest BCUT2D eigenvalue weighted by atomic mass is 9.94. The second-order valence-corrected chi connectivity index (χ2v) is 8.08. The number of aryl methyl sites for hydroxylation is 1. The second-order valence-electron chi connectivity index (χ2n) is 8.08. The zero-order chi connectivity index (χ0) is 20.7. The molecule has 2 aliphatic rings. The SMILES string of the molecule is Cc1nn(-c2ccccc2)c(C)c1C(=O)Nc1ccc2c(c1)OC1(CCCCC1)O2. The van der Waals surface area contributed by atoms with Crippen molar-refractivity contribution in [2.45, 2.75) is 51.7 Å². The van der Waals surface area contributed by atoms with E-state index in [1.54, 1.807) is 4.68 Å². The first-order valence-corrected chi connectivity index (χ1v) is 10.5. The maximum atomic E-state index is 13.1. The first-order chi connectivity index (χ1) is 14.5. The van der Waals surface area contributed by atoms with Crippen molar-refractivity contribution >= 4 is 11.6 Å². The topological polar surface area (TPSA) is 65.4 Å². The number of ether oxygens (including phenoxy) is 2. The third-order valence-corrected chi connectivity index (χ3v) is 5.93. The largest absolute Gasteiger partial charge is 0.448 e. The molecule has 2 heterocycles. The molecule has 0 unspecified atom stereocenters. The van der Waals surface area contributed by atoms with E-state index in [1.807, 2.05) is 62.4 Å². The number of hydrogen-bond donors (Lipinski definition) is 1. The molecule has 30 heavy (non-hydrogen) atoms. The molecule has 0 radical (unpaired) electrons. The highest BCUT2D eigenvalue weighted by molar-refractivity contribution is 6.06. The van der Waals surface area contributed by atoms with E-state index in [4.69, 9.17) is 9.47 Å². The van der Waals surface area contributed by atoms with E-state index >= 15 is 0 Å². The second kappa shape index (κ2) is 7.20. The number of benzene rings is 2. The minimum absolute atomic E-state index is 0.182. The lowest BCUT2D eigenvalue weighted by Crippen LogP contribution is -2.40. The van der Waals surface area contributed by atoms with Crippen LogP contribution in [0.5, 0.6) is 11.5 Å². The van der Waals surface area contributed by atoms with Gasteiger partial charge < -0.3 is 14.8 Å². The van der Waals surface area contributed by atoms with Crippen LogP contribution in [0.2, 0.25) is 0 Å². The van der Waals surface area contributed by atoms with E-state index < -0.39 is 5.79 Å². The van der Waals surface area contributed by atoms with Crippen LogP contribution in [0.15, 0.2) is 48.5 Å². The van der Waals surface area contributed by atoms with Crippen LogP contribution < -0.4 is 14.8 Å². The van der Waals surface area contributed by atoms with Crippen LogP contribution >= 0.6 is 0 Å². The Labute approximate surface area is 175 Å². The number of nitrogens with one attached hydrogen (secondary N) is 1. The average Bonchev–Trinajstić information content (AvgIpc) is 3.24. The molecule has 1 saturated carbocycles. The molecule has 5 rings (SSSR count). The summed E-state index contributed by atoms with van der Waals surface area (Å²) in [5.74, 6) is 0.744. The first-order valence-electron chi connectivity index (χ1n) is 10.5. The fourth-order valence-electron chi connectivity index (χ4n) is 4.45. The van der Waals surface area contributed by atoms with Gasteiger partial charge in [0, 0.05) is 24.6 Å². The molecule has 2 aromatic carbocycles. The number of carbonyl (C=O) groups excluding carboxylic acids is 1. The summed E-state index contributed by atoms with van der Waals surface area (Å²) in [6.07, 6.45) is 5.26. The Kier molecular flexibility index (Phi) is 4.50. The Morgan fingerprint density at radius 2 is 1.73 bits per heavy atom. The van der Waals surface area contributed by atoms with Crippen LogP contribution in [0.4, 0.5) is 5.69 Å². The number of para-hydroxylation sites is 1. The number of hydrogen-bond acceptors (Lipinski definition) is 4. The molecule has 1 aliphatic carbocycles. The number of aromatic nitrogens is 2. The molecule has 1 aliphatic heterocycles. The van der Waals surface area contributed by atoms with E-state index in [1.165, 1.54) is 6.42 Å². The number of amides is 1. The van der Waals surface area contributed by atoms with Crippen LogP contribution in [-0.2, 0) is 0 Å². The van der Waals surface area contributed by atoms with Gasteiger partial charge in [-0.1, -0.05) is 24.6 Å². The Bertz CT molecular complexity index is 1100. The number of anilines is 1. The van der Waals surface area contributed by atoms with Crippen molar-refractivity contribution in [2.75, 3.05) is 5.32 Å². The molecule has 1 N–H and O–H groups in total. The minimum atomic E-state index is -0.521. The molecular weight excluding hydrogens is 378 g/mol. The maximum Gasteiger partial charge on any atom is 0.259 e. The van der Waals surface area contributed by atoms with Crippen molar-refractivity contribution in [2.24, 2.45) is 0 Å². The minimum Gasteiger partial charge on any atom is -0.448 e. The molecule has 3 aromatic rings. The first kappa shape index (κ1) is 18.7. The Morgan fingerprint density at radius 1 is 1.00 bits per heavy atom. The van der Waals surface area contributed by atoms with Crippen LogP contribution in [0.3, 0.4) is 0 Å². The molecule has 6 heteroatoms. The predicted octanol–water partition coefficient (Wildman–Crippen LogP) is 5.17. The van der Waals surface area contributed by atoms with Crippen LogP contribution in [0, 0.1) is 13.8 Å². The van der Waals surface area contributed by atoms with Gasteiger partial charge in [-0.15, -0.1) is 0 Å². The maximum absolute atomic E-state index is 13.1. The number of nitrogens with zero attached hydrogens (tertiary/aromatic N) is 2. The van der Waals surface area contributed by atoms with E-state index in [2.05, 4.69) is 10.4 Å². The van der Waals surface area contributed by atoms with Gasteiger partial charge in [-0.05, 0) is 51.0 Å². The highest BCUT2D eigenvalue weighted by Gasteiger charge is 2.42. The van der Waals surface area contributed by atoms with E-state index in [9.17, 15) is 4.79 Å². The summed E-state index contributed by atoms with van der Waals surface area (Å²) in [5, 5.41) is 7.57. The van der Waals surface area contributed by atoms with Crippen molar-refractivity contribution in [3.63, 3.8) is 0 Å². The molecule has 1 fully saturated rings. The molecule has 1 spiro atoms. The number of rotatable bonds is 3. The summed E-state index contributed by atoms with van der Waals surface area (Å²) < 4.78 is 14.1. The fraction of sp³-hybridized carbons (Fsp3) is 0.333. The monoisotopic (exact) mass is 403 g/mol. The lowest BCUT2D eigenvalue weighted by Gasteiger charge is -2.31. The number of fused-ring (bicyclic) bond motifs is 1. The third-order valence-electron chi connectivity index (χ3n) is 5.93. The van der Waals surface area contributed by atoms with Crippen molar-refractivity contribution < 1.29 is 14.3 Å². The summed E-state index contributed by atoms with van der Waals surface area (Å²) in [5.41, 5.74) is 3.69. The fourth-order valence-corrected chi connectivity index (χ4v) is 4.45. The van der Waals surface area contributed by atoms with Crippen molar-refractivity contribution in [3.05, 3.63) is 65.5 Å². The Balaban J connectivity index is 1.37. The quantitative estimate of drug-likeness (QED) is 0.655.